The molecule has 0 amide bonds. The minimum absolute atomic E-state index is 0.0564. The number of rotatable bonds is 5. The van der Waals surface area contributed by atoms with E-state index in [1.165, 1.54) is 6.92 Å². The van der Waals surface area contributed by atoms with Gasteiger partial charge in [-0.3, -0.25) is 4.79 Å². The first-order valence-corrected chi connectivity index (χ1v) is 10.8. The van der Waals surface area contributed by atoms with Crippen molar-refractivity contribution in [3.63, 3.8) is 0 Å². The summed E-state index contributed by atoms with van der Waals surface area (Å²) in [4.78, 5) is 34.5. The van der Waals surface area contributed by atoms with Crippen molar-refractivity contribution < 1.29 is 9.53 Å². The van der Waals surface area contributed by atoms with Gasteiger partial charge in [-0.25, -0.2) is 15.0 Å². The van der Waals surface area contributed by atoms with Crippen molar-refractivity contribution >= 4 is 50.7 Å². The Kier molecular flexibility index (Phi) is 5.61. The maximum Gasteiger partial charge on any atom is 0.225 e. The van der Waals surface area contributed by atoms with E-state index in [0.717, 1.165) is 34.0 Å². The Balaban J connectivity index is 1.71. The van der Waals surface area contributed by atoms with Gasteiger partial charge in [0.05, 0.1) is 34.5 Å². The van der Waals surface area contributed by atoms with E-state index in [2.05, 4.69) is 44.7 Å². The third kappa shape index (κ3) is 3.84. The van der Waals surface area contributed by atoms with Crippen molar-refractivity contribution in [3.8, 4) is 0 Å². The van der Waals surface area contributed by atoms with Crippen molar-refractivity contribution in [2.75, 3.05) is 43.2 Å². The first kappa shape index (κ1) is 20.9. The van der Waals surface area contributed by atoms with Gasteiger partial charge in [0.1, 0.15) is 0 Å². The molecule has 0 saturated carbocycles. The predicted octanol–water partition coefficient (Wildman–Crippen LogP) is 3.55. The van der Waals surface area contributed by atoms with Crippen LogP contribution in [-0.2, 0) is 10.3 Å². The zero-order chi connectivity index (χ0) is 21.5. The molecule has 1 aliphatic rings. The molecule has 3 aromatic heterocycles. The molecule has 4 rings (SSSR count). The van der Waals surface area contributed by atoms with Gasteiger partial charge in [-0.05, 0) is 38.4 Å². The fourth-order valence-corrected chi connectivity index (χ4v) is 4.69. The lowest BCUT2D eigenvalue weighted by Gasteiger charge is -2.34. The van der Waals surface area contributed by atoms with E-state index in [1.54, 1.807) is 23.7 Å². The van der Waals surface area contributed by atoms with Gasteiger partial charge in [0, 0.05) is 37.4 Å². The summed E-state index contributed by atoms with van der Waals surface area (Å²) in [5, 5.41) is 0.239. The second-order valence-electron chi connectivity index (χ2n) is 7.69. The SMILES string of the molecule is CC(=O)c1cnc(N(C)C(C)(C)c2cc3nc(Cl)nc(N4CCOCC4)c3s2)nc1. The van der Waals surface area contributed by atoms with Crippen LogP contribution in [0.15, 0.2) is 18.5 Å². The fraction of sp³-hybridized carbons (Fsp3) is 0.450. The van der Waals surface area contributed by atoms with Crippen LogP contribution in [0.1, 0.15) is 36.0 Å². The normalized spacial score (nSPS) is 14.9. The zero-order valence-corrected chi connectivity index (χ0v) is 18.9. The summed E-state index contributed by atoms with van der Waals surface area (Å²) in [7, 11) is 1.94. The lowest BCUT2D eigenvalue weighted by atomic mass is 10.0. The van der Waals surface area contributed by atoms with Crippen LogP contribution in [0.5, 0.6) is 0 Å². The van der Waals surface area contributed by atoms with Crippen LogP contribution in [0.4, 0.5) is 11.8 Å². The lowest BCUT2D eigenvalue weighted by molar-refractivity contribution is 0.101. The maximum absolute atomic E-state index is 11.5. The van der Waals surface area contributed by atoms with Gasteiger partial charge in [-0.1, -0.05) is 0 Å². The van der Waals surface area contributed by atoms with E-state index >= 15 is 0 Å². The third-order valence-corrected chi connectivity index (χ3v) is 7.03. The van der Waals surface area contributed by atoms with Crippen LogP contribution in [0.25, 0.3) is 10.2 Å². The number of hydrogen-bond acceptors (Lipinski definition) is 9. The van der Waals surface area contributed by atoms with E-state index in [-0.39, 0.29) is 11.1 Å². The van der Waals surface area contributed by atoms with E-state index in [1.807, 2.05) is 11.9 Å². The molecule has 3 aromatic rings. The van der Waals surface area contributed by atoms with Gasteiger partial charge in [-0.2, -0.15) is 4.98 Å². The molecule has 8 nitrogen and oxygen atoms in total. The van der Waals surface area contributed by atoms with Crippen LogP contribution in [0.2, 0.25) is 5.28 Å². The van der Waals surface area contributed by atoms with E-state index in [9.17, 15) is 4.79 Å². The van der Waals surface area contributed by atoms with Gasteiger partial charge >= 0.3 is 0 Å². The van der Waals surface area contributed by atoms with Crippen LogP contribution in [-0.4, -0.2) is 59.1 Å². The highest BCUT2D eigenvalue weighted by atomic mass is 35.5. The number of thiophene rings is 1. The Morgan fingerprint density at radius 3 is 2.53 bits per heavy atom. The van der Waals surface area contributed by atoms with Crippen molar-refractivity contribution in [2.45, 2.75) is 26.3 Å². The Morgan fingerprint density at radius 1 is 1.23 bits per heavy atom. The third-order valence-electron chi connectivity index (χ3n) is 5.42. The zero-order valence-electron chi connectivity index (χ0n) is 17.3. The minimum atomic E-state index is -0.419. The molecule has 0 bridgehead atoms. The Labute approximate surface area is 183 Å². The number of aromatic nitrogens is 4. The van der Waals surface area contributed by atoms with Crippen LogP contribution in [0.3, 0.4) is 0 Å². The summed E-state index contributed by atoms with van der Waals surface area (Å²) in [5.41, 5.74) is 0.899. The molecule has 4 heterocycles. The summed E-state index contributed by atoms with van der Waals surface area (Å²) >= 11 is 7.88. The standard InChI is InChI=1S/C20H23ClN6O2S/c1-12(28)13-10-22-19(23-11-13)26(4)20(2,3)15-9-14-16(30-15)17(25-18(21)24-14)27-5-7-29-8-6-27/h9-11H,5-8H2,1-4H3. The highest BCUT2D eigenvalue weighted by Gasteiger charge is 2.31. The number of Topliss-reactive ketones (excluding diaryl/α,β-unsaturated/α-hetero) is 1. The minimum Gasteiger partial charge on any atom is -0.378 e. The highest BCUT2D eigenvalue weighted by molar-refractivity contribution is 7.19. The average molecular weight is 447 g/mol. The van der Waals surface area contributed by atoms with Crippen molar-refractivity contribution in [1.29, 1.82) is 0 Å². The molecular formula is C20H23ClN6O2S. The van der Waals surface area contributed by atoms with Crippen molar-refractivity contribution in [2.24, 2.45) is 0 Å². The molecule has 0 N–H and O–H groups in total. The summed E-state index contributed by atoms with van der Waals surface area (Å²) in [6.07, 6.45) is 3.12. The maximum atomic E-state index is 11.5. The van der Waals surface area contributed by atoms with Crippen molar-refractivity contribution in [3.05, 3.63) is 34.2 Å². The van der Waals surface area contributed by atoms with Crippen LogP contribution < -0.4 is 9.80 Å². The van der Waals surface area contributed by atoms with Gasteiger partial charge in [0.15, 0.2) is 11.6 Å². The average Bonchev–Trinajstić information content (AvgIpc) is 3.18. The molecule has 1 saturated heterocycles. The molecule has 0 spiro atoms. The summed E-state index contributed by atoms with van der Waals surface area (Å²) in [5.74, 6) is 1.34. The predicted molar refractivity (Wildman–Crippen MR) is 119 cm³/mol. The molecule has 0 unspecified atom stereocenters. The lowest BCUT2D eigenvalue weighted by Crippen LogP contribution is -2.39. The first-order chi connectivity index (χ1) is 14.3. The van der Waals surface area contributed by atoms with Gasteiger partial charge in [-0.15, -0.1) is 11.3 Å². The number of hydrogen-bond donors (Lipinski definition) is 0. The van der Waals surface area contributed by atoms with Gasteiger partial charge in [0.25, 0.3) is 0 Å². The van der Waals surface area contributed by atoms with Crippen LogP contribution >= 0.6 is 22.9 Å². The first-order valence-electron chi connectivity index (χ1n) is 9.64. The summed E-state index contributed by atoms with van der Waals surface area (Å²) in [6, 6.07) is 2.05. The molecule has 0 radical (unpaired) electrons. The molecular weight excluding hydrogens is 424 g/mol. The molecule has 0 atom stereocenters. The number of ketones is 1. The number of carbonyl (C=O) groups is 1. The number of morpholine rings is 1. The second-order valence-corrected chi connectivity index (χ2v) is 9.08. The highest BCUT2D eigenvalue weighted by Crippen LogP contribution is 2.40. The number of anilines is 2. The fourth-order valence-electron chi connectivity index (χ4n) is 3.27. The number of nitrogens with zero attached hydrogens (tertiary/aromatic N) is 6. The van der Waals surface area contributed by atoms with Crippen molar-refractivity contribution in [1.82, 2.24) is 19.9 Å². The van der Waals surface area contributed by atoms with E-state index in [0.29, 0.717) is 24.7 Å². The molecule has 158 valence electrons. The monoisotopic (exact) mass is 446 g/mol. The summed E-state index contributed by atoms with van der Waals surface area (Å²) < 4.78 is 6.48. The second kappa shape index (κ2) is 8.05. The Morgan fingerprint density at radius 2 is 1.90 bits per heavy atom. The number of carbonyl (C=O) groups excluding carboxylic acids is 1. The van der Waals surface area contributed by atoms with E-state index in [4.69, 9.17) is 16.3 Å². The number of ether oxygens (including phenoxy) is 1. The molecule has 1 fully saturated rings. The van der Waals surface area contributed by atoms with Gasteiger partial charge < -0.3 is 14.5 Å². The molecule has 1 aliphatic heterocycles. The van der Waals surface area contributed by atoms with E-state index < -0.39 is 5.54 Å². The largest absolute Gasteiger partial charge is 0.378 e. The number of halogens is 1. The Bertz CT molecular complexity index is 1080. The molecule has 10 heteroatoms. The molecule has 0 aliphatic carbocycles. The molecule has 0 aromatic carbocycles. The quantitative estimate of drug-likeness (QED) is 0.434. The Hall–Kier alpha value is -2.36. The topological polar surface area (TPSA) is 84.3 Å². The van der Waals surface area contributed by atoms with Crippen LogP contribution in [0, 0.1) is 0 Å². The molecule has 30 heavy (non-hydrogen) atoms. The summed E-state index contributed by atoms with van der Waals surface area (Å²) in [6.45, 7) is 8.59. The number of fused-ring (bicyclic) bond motifs is 1. The smallest absolute Gasteiger partial charge is 0.225 e. The van der Waals surface area contributed by atoms with Gasteiger partial charge in [0.2, 0.25) is 11.2 Å².